The molecule has 2 aromatic carbocycles. The van der Waals surface area contributed by atoms with Crippen LogP contribution in [0.25, 0.3) is 5.57 Å². The molecule has 0 spiro atoms. The van der Waals surface area contributed by atoms with Crippen LogP contribution in [0.2, 0.25) is 0 Å². The Kier molecular flexibility index (Phi) is 6.25. The lowest BCUT2D eigenvalue weighted by molar-refractivity contribution is -0.137. The first-order valence-corrected chi connectivity index (χ1v) is 10.3. The SMILES string of the molecule is CCOc1ccc(C2=C(SC(C)C)C(=O)N(Cc3ccc(C)cc3)C2=O)cc1. The lowest BCUT2D eigenvalue weighted by atomic mass is 10.1. The molecular weight excluding hydrogens is 370 g/mol. The molecule has 1 heterocycles. The summed E-state index contributed by atoms with van der Waals surface area (Å²) in [5.41, 5.74) is 3.32. The molecular formula is C23H25NO3S. The molecule has 28 heavy (non-hydrogen) atoms. The Balaban J connectivity index is 1.94. The minimum absolute atomic E-state index is 0.198. The standard InChI is InChI=1S/C23H25NO3S/c1-5-27-19-12-10-18(11-13-19)20-21(28-15(2)3)23(26)24(22(20)25)14-17-8-6-16(4)7-9-17/h6-13,15H,5,14H2,1-4H3. The summed E-state index contributed by atoms with van der Waals surface area (Å²) < 4.78 is 5.49. The van der Waals surface area contributed by atoms with E-state index >= 15 is 0 Å². The average molecular weight is 396 g/mol. The molecule has 1 aliphatic rings. The van der Waals surface area contributed by atoms with Crippen LogP contribution in [0.4, 0.5) is 0 Å². The van der Waals surface area contributed by atoms with Crippen molar-refractivity contribution in [3.05, 3.63) is 70.1 Å². The molecule has 0 saturated carbocycles. The average Bonchev–Trinajstić information content (AvgIpc) is 2.88. The first-order chi connectivity index (χ1) is 13.4. The van der Waals surface area contributed by atoms with E-state index in [0.717, 1.165) is 22.4 Å². The second-order valence-electron chi connectivity index (χ2n) is 7.01. The zero-order chi connectivity index (χ0) is 20.3. The van der Waals surface area contributed by atoms with Gasteiger partial charge in [-0.25, -0.2) is 0 Å². The zero-order valence-electron chi connectivity index (χ0n) is 16.7. The van der Waals surface area contributed by atoms with E-state index in [4.69, 9.17) is 4.74 Å². The summed E-state index contributed by atoms with van der Waals surface area (Å²) in [5, 5.41) is 0.198. The topological polar surface area (TPSA) is 46.6 Å². The van der Waals surface area contributed by atoms with E-state index < -0.39 is 0 Å². The largest absolute Gasteiger partial charge is 0.494 e. The molecule has 2 aromatic rings. The fraction of sp³-hybridized carbons (Fsp3) is 0.304. The van der Waals surface area contributed by atoms with Crippen LogP contribution in [-0.2, 0) is 16.1 Å². The minimum atomic E-state index is -0.238. The van der Waals surface area contributed by atoms with Gasteiger partial charge in [-0.3, -0.25) is 14.5 Å². The van der Waals surface area contributed by atoms with Crippen LogP contribution < -0.4 is 4.74 Å². The van der Waals surface area contributed by atoms with Crippen LogP contribution in [0.3, 0.4) is 0 Å². The number of nitrogens with zero attached hydrogens (tertiary/aromatic N) is 1. The highest BCUT2D eigenvalue weighted by atomic mass is 32.2. The van der Waals surface area contributed by atoms with Crippen LogP contribution in [0.5, 0.6) is 5.75 Å². The van der Waals surface area contributed by atoms with Gasteiger partial charge in [-0.15, -0.1) is 11.8 Å². The molecule has 3 rings (SSSR count). The van der Waals surface area contributed by atoms with Crippen molar-refractivity contribution in [2.24, 2.45) is 0 Å². The van der Waals surface area contributed by atoms with Crippen LogP contribution in [0.1, 0.15) is 37.5 Å². The maximum atomic E-state index is 13.2. The number of thioether (sulfide) groups is 1. The molecule has 1 aliphatic heterocycles. The van der Waals surface area contributed by atoms with Crippen LogP contribution in [0, 0.1) is 6.92 Å². The third kappa shape index (κ3) is 4.30. The zero-order valence-corrected chi connectivity index (χ0v) is 17.5. The normalized spacial score (nSPS) is 14.4. The third-order valence-corrected chi connectivity index (χ3v) is 5.48. The van der Waals surface area contributed by atoms with Gasteiger partial charge in [-0.05, 0) is 37.1 Å². The van der Waals surface area contributed by atoms with Gasteiger partial charge in [0.15, 0.2) is 0 Å². The molecule has 0 aromatic heterocycles. The summed E-state index contributed by atoms with van der Waals surface area (Å²) in [6, 6.07) is 15.3. The van der Waals surface area contributed by atoms with Crippen molar-refractivity contribution in [1.29, 1.82) is 0 Å². The van der Waals surface area contributed by atoms with Crippen LogP contribution >= 0.6 is 11.8 Å². The highest BCUT2D eigenvalue weighted by Crippen LogP contribution is 2.38. The Labute approximate surface area is 170 Å². The van der Waals surface area contributed by atoms with Crippen molar-refractivity contribution in [1.82, 2.24) is 4.90 Å². The predicted octanol–water partition coefficient (Wildman–Crippen LogP) is 4.82. The Morgan fingerprint density at radius 3 is 2.18 bits per heavy atom. The lowest BCUT2D eigenvalue weighted by Crippen LogP contribution is -2.31. The van der Waals surface area contributed by atoms with Crippen LogP contribution in [0.15, 0.2) is 53.4 Å². The molecule has 0 atom stereocenters. The van der Waals surface area contributed by atoms with Gasteiger partial charge in [-0.2, -0.15) is 0 Å². The molecule has 4 nitrogen and oxygen atoms in total. The van der Waals surface area contributed by atoms with Crippen molar-refractivity contribution in [2.45, 2.75) is 39.5 Å². The van der Waals surface area contributed by atoms with Gasteiger partial charge in [0, 0.05) is 5.25 Å². The summed E-state index contributed by atoms with van der Waals surface area (Å²) >= 11 is 1.44. The van der Waals surface area contributed by atoms with Crippen molar-refractivity contribution in [3.63, 3.8) is 0 Å². The van der Waals surface area contributed by atoms with Crippen molar-refractivity contribution < 1.29 is 14.3 Å². The number of benzene rings is 2. The third-order valence-electron chi connectivity index (χ3n) is 4.39. The molecule has 0 saturated heterocycles. The van der Waals surface area contributed by atoms with Crippen molar-refractivity contribution in [2.75, 3.05) is 6.61 Å². The summed E-state index contributed by atoms with van der Waals surface area (Å²) in [6.07, 6.45) is 0. The molecule has 0 fully saturated rings. The van der Waals surface area contributed by atoms with Crippen molar-refractivity contribution in [3.8, 4) is 5.75 Å². The van der Waals surface area contributed by atoms with Crippen LogP contribution in [-0.4, -0.2) is 28.6 Å². The highest BCUT2D eigenvalue weighted by molar-refractivity contribution is 8.04. The smallest absolute Gasteiger partial charge is 0.268 e. The Morgan fingerprint density at radius 2 is 1.61 bits per heavy atom. The number of hydrogen-bond donors (Lipinski definition) is 0. The maximum Gasteiger partial charge on any atom is 0.268 e. The number of hydrogen-bond acceptors (Lipinski definition) is 4. The van der Waals surface area contributed by atoms with Gasteiger partial charge in [0.1, 0.15) is 5.75 Å². The monoisotopic (exact) mass is 395 g/mol. The van der Waals surface area contributed by atoms with Gasteiger partial charge < -0.3 is 4.74 Å². The fourth-order valence-electron chi connectivity index (χ4n) is 3.06. The molecule has 0 radical (unpaired) electrons. The predicted molar refractivity (Wildman–Crippen MR) is 114 cm³/mol. The molecule has 0 bridgehead atoms. The number of carbonyl (C=O) groups excluding carboxylic acids is 2. The quantitative estimate of drug-likeness (QED) is 0.631. The van der Waals surface area contributed by atoms with E-state index in [2.05, 4.69) is 0 Å². The maximum absolute atomic E-state index is 13.2. The second-order valence-corrected chi connectivity index (χ2v) is 8.60. The summed E-state index contributed by atoms with van der Waals surface area (Å²) in [4.78, 5) is 28.1. The molecule has 0 unspecified atom stereocenters. The number of amides is 2. The lowest BCUT2D eigenvalue weighted by Gasteiger charge is -2.15. The molecule has 2 amide bonds. The number of carbonyl (C=O) groups is 2. The molecule has 0 aliphatic carbocycles. The molecule has 146 valence electrons. The van der Waals surface area contributed by atoms with E-state index in [1.807, 2.05) is 76.2 Å². The minimum Gasteiger partial charge on any atom is -0.494 e. The summed E-state index contributed by atoms with van der Waals surface area (Å²) in [5.74, 6) is 0.296. The van der Waals surface area contributed by atoms with E-state index in [9.17, 15) is 9.59 Å². The first-order valence-electron chi connectivity index (χ1n) is 9.46. The Bertz CT molecular complexity index is 898. The highest BCUT2D eigenvalue weighted by Gasteiger charge is 2.39. The van der Waals surface area contributed by atoms with E-state index in [1.165, 1.54) is 16.7 Å². The van der Waals surface area contributed by atoms with Gasteiger partial charge in [-0.1, -0.05) is 55.8 Å². The number of rotatable bonds is 7. The van der Waals surface area contributed by atoms with Gasteiger partial charge in [0.05, 0.1) is 23.6 Å². The number of ether oxygens (including phenoxy) is 1. The van der Waals surface area contributed by atoms with Gasteiger partial charge >= 0.3 is 0 Å². The van der Waals surface area contributed by atoms with E-state index in [1.54, 1.807) is 0 Å². The summed E-state index contributed by atoms with van der Waals surface area (Å²) in [6.45, 7) is 8.84. The van der Waals surface area contributed by atoms with Gasteiger partial charge in [0.25, 0.3) is 11.8 Å². The fourth-order valence-corrected chi connectivity index (χ4v) is 4.06. The van der Waals surface area contributed by atoms with Gasteiger partial charge in [0.2, 0.25) is 0 Å². The molecule has 5 heteroatoms. The first kappa shape index (κ1) is 20.2. The second kappa shape index (κ2) is 8.65. The molecule has 0 N–H and O–H groups in total. The van der Waals surface area contributed by atoms with Crippen molar-refractivity contribution >= 4 is 29.1 Å². The number of aryl methyl sites for hydroxylation is 1. The Morgan fingerprint density at radius 1 is 0.964 bits per heavy atom. The van der Waals surface area contributed by atoms with E-state index in [0.29, 0.717) is 17.1 Å². The van der Waals surface area contributed by atoms with E-state index in [-0.39, 0.29) is 23.6 Å². The Hall–Kier alpha value is -2.53. The summed E-state index contributed by atoms with van der Waals surface area (Å²) in [7, 11) is 0. The number of imide groups is 1.